The van der Waals surface area contributed by atoms with E-state index in [-0.39, 0.29) is 11.5 Å². The highest BCUT2D eigenvalue weighted by molar-refractivity contribution is 6.30. The summed E-state index contributed by atoms with van der Waals surface area (Å²) >= 11 is 5.87. The molecule has 0 bridgehead atoms. The maximum atomic E-state index is 12.9. The van der Waals surface area contributed by atoms with Crippen molar-refractivity contribution < 1.29 is 23.1 Å². The van der Waals surface area contributed by atoms with Gasteiger partial charge in [-0.1, -0.05) is 35.9 Å². The smallest absolute Gasteiger partial charge is 0.392 e. The lowest BCUT2D eigenvalue weighted by molar-refractivity contribution is -0.141. The number of hydrogen-bond acceptors (Lipinski definition) is 3. The van der Waals surface area contributed by atoms with Crippen molar-refractivity contribution in [2.24, 2.45) is 0 Å². The van der Waals surface area contributed by atoms with Crippen LogP contribution in [0.2, 0.25) is 5.02 Å². The average molecular weight is 447 g/mol. The van der Waals surface area contributed by atoms with Crippen molar-refractivity contribution in [1.29, 1.82) is 0 Å². The number of nitrogens with zero attached hydrogens (tertiary/aromatic N) is 1. The molecule has 0 unspecified atom stereocenters. The summed E-state index contributed by atoms with van der Waals surface area (Å²) in [6.45, 7) is -0.538. The molecule has 1 aliphatic carbocycles. The first-order chi connectivity index (χ1) is 14.7. The van der Waals surface area contributed by atoms with E-state index in [4.69, 9.17) is 11.6 Å². The van der Waals surface area contributed by atoms with Gasteiger partial charge in [0.05, 0.1) is 12.1 Å². The van der Waals surface area contributed by atoms with Gasteiger partial charge in [0.15, 0.2) is 0 Å². The molecule has 0 spiro atoms. The van der Waals surface area contributed by atoms with Crippen LogP contribution in [0.25, 0.3) is 11.1 Å². The summed E-state index contributed by atoms with van der Waals surface area (Å²) in [7, 11) is 0. The lowest BCUT2D eigenvalue weighted by atomic mass is 9.97. The van der Waals surface area contributed by atoms with Crippen molar-refractivity contribution >= 4 is 17.5 Å². The maximum absolute atomic E-state index is 12.9. The van der Waals surface area contributed by atoms with Gasteiger partial charge in [-0.25, -0.2) is 0 Å². The summed E-state index contributed by atoms with van der Waals surface area (Å²) in [6, 6.07) is 14.7. The van der Waals surface area contributed by atoms with E-state index in [1.807, 2.05) is 12.1 Å². The molecule has 2 N–H and O–H groups in total. The molecule has 0 aliphatic heterocycles. The third kappa shape index (κ3) is 4.43. The predicted molar refractivity (Wildman–Crippen MR) is 110 cm³/mol. The SMILES string of the molecule is O=C(NC1(c2ccc(-c3cnc(C(F)(F)F)cc3CO)cc2)CC1)c1ccc(Cl)cc1. The van der Waals surface area contributed by atoms with E-state index in [2.05, 4.69) is 10.3 Å². The Morgan fingerprint density at radius 3 is 2.29 bits per heavy atom. The molecule has 2 aromatic carbocycles. The quantitative estimate of drug-likeness (QED) is 0.556. The summed E-state index contributed by atoms with van der Waals surface area (Å²) in [5.74, 6) is -0.201. The Balaban J connectivity index is 1.56. The van der Waals surface area contributed by atoms with Crippen molar-refractivity contribution in [1.82, 2.24) is 10.3 Å². The third-order valence-electron chi connectivity index (χ3n) is 5.41. The van der Waals surface area contributed by atoms with Crippen LogP contribution in [-0.2, 0) is 18.3 Å². The number of hydrogen-bond donors (Lipinski definition) is 2. The van der Waals surface area contributed by atoms with Crippen LogP contribution in [-0.4, -0.2) is 16.0 Å². The number of rotatable bonds is 5. The summed E-state index contributed by atoms with van der Waals surface area (Å²) in [5, 5.41) is 13.2. The Kier molecular flexibility index (Phi) is 5.49. The predicted octanol–water partition coefficient (Wildman–Crippen LogP) is 5.33. The minimum Gasteiger partial charge on any atom is -0.392 e. The van der Waals surface area contributed by atoms with Crippen LogP contribution in [0.3, 0.4) is 0 Å². The van der Waals surface area contributed by atoms with E-state index >= 15 is 0 Å². The third-order valence-corrected chi connectivity index (χ3v) is 5.66. The van der Waals surface area contributed by atoms with Gasteiger partial charge >= 0.3 is 6.18 Å². The number of carbonyl (C=O) groups excluding carboxylic acids is 1. The fraction of sp³-hybridized carbons (Fsp3) is 0.217. The monoisotopic (exact) mass is 446 g/mol. The number of pyridine rings is 1. The van der Waals surface area contributed by atoms with Crippen LogP contribution < -0.4 is 5.32 Å². The van der Waals surface area contributed by atoms with Crippen molar-refractivity contribution in [3.05, 3.63) is 88.2 Å². The molecule has 160 valence electrons. The van der Waals surface area contributed by atoms with E-state index in [0.717, 1.165) is 30.7 Å². The summed E-state index contributed by atoms with van der Waals surface area (Å²) in [4.78, 5) is 16.1. The molecular weight excluding hydrogens is 429 g/mol. The molecule has 4 nitrogen and oxygen atoms in total. The van der Waals surface area contributed by atoms with Gasteiger partial charge in [0.1, 0.15) is 5.69 Å². The van der Waals surface area contributed by atoms with E-state index in [1.165, 1.54) is 0 Å². The van der Waals surface area contributed by atoms with Crippen LogP contribution >= 0.6 is 11.6 Å². The number of benzene rings is 2. The molecule has 3 aromatic rings. The Labute approximate surface area is 181 Å². The molecule has 1 aromatic heterocycles. The van der Waals surface area contributed by atoms with Crippen molar-refractivity contribution in [3.8, 4) is 11.1 Å². The minimum absolute atomic E-state index is 0.146. The molecule has 1 saturated carbocycles. The second kappa shape index (κ2) is 7.98. The second-order valence-electron chi connectivity index (χ2n) is 7.50. The lowest BCUT2D eigenvalue weighted by Gasteiger charge is -2.19. The lowest BCUT2D eigenvalue weighted by Crippen LogP contribution is -2.34. The fourth-order valence-corrected chi connectivity index (χ4v) is 3.64. The number of aliphatic hydroxyl groups excluding tert-OH is 1. The highest BCUT2D eigenvalue weighted by atomic mass is 35.5. The Morgan fingerprint density at radius 1 is 1.10 bits per heavy atom. The van der Waals surface area contributed by atoms with Crippen LogP contribution in [0, 0.1) is 0 Å². The Morgan fingerprint density at radius 2 is 1.74 bits per heavy atom. The zero-order valence-electron chi connectivity index (χ0n) is 16.2. The zero-order chi connectivity index (χ0) is 22.2. The van der Waals surface area contributed by atoms with Crippen LogP contribution in [0.1, 0.15) is 40.0 Å². The first-order valence-corrected chi connectivity index (χ1v) is 9.96. The van der Waals surface area contributed by atoms with Gasteiger partial charge in [-0.2, -0.15) is 13.2 Å². The van der Waals surface area contributed by atoms with Gasteiger partial charge in [-0.15, -0.1) is 0 Å². The van der Waals surface area contributed by atoms with Crippen LogP contribution in [0.4, 0.5) is 13.2 Å². The van der Waals surface area contributed by atoms with E-state index < -0.39 is 24.0 Å². The fourth-order valence-electron chi connectivity index (χ4n) is 3.51. The van der Waals surface area contributed by atoms with Gasteiger partial charge in [-0.05, 0) is 59.9 Å². The molecular formula is C23H18ClF3N2O2. The molecule has 31 heavy (non-hydrogen) atoms. The Bertz CT molecular complexity index is 1110. The zero-order valence-corrected chi connectivity index (χ0v) is 17.0. The largest absolute Gasteiger partial charge is 0.433 e. The van der Waals surface area contributed by atoms with Crippen molar-refractivity contribution in [2.45, 2.75) is 31.2 Å². The number of nitrogens with one attached hydrogen (secondary N) is 1. The van der Waals surface area contributed by atoms with Gasteiger partial charge in [0.25, 0.3) is 5.91 Å². The number of aliphatic hydroxyl groups is 1. The average Bonchev–Trinajstić information content (AvgIpc) is 3.53. The van der Waals surface area contributed by atoms with Crippen molar-refractivity contribution in [3.63, 3.8) is 0 Å². The summed E-state index contributed by atoms with van der Waals surface area (Å²) in [6.07, 6.45) is -1.88. The van der Waals surface area contributed by atoms with Gasteiger partial charge in [-0.3, -0.25) is 9.78 Å². The molecule has 0 saturated heterocycles. The molecule has 8 heteroatoms. The van der Waals surface area contributed by atoms with Gasteiger partial charge in [0, 0.05) is 22.3 Å². The van der Waals surface area contributed by atoms with E-state index in [0.29, 0.717) is 21.7 Å². The number of aromatic nitrogens is 1. The molecule has 1 aliphatic rings. The molecule has 4 rings (SSSR count). The molecule has 1 heterocycles. The van der Waals surface area contributed by atoms with Crippen LogP contribution in [0.5, 0.6) is 0 Å². The molecule has 1 fully saturated rings. The minimum atomic E-state index is -4.58. The van der Waals surface area contributed by atoms with E-state index in [1.54, 1.807) is 36.4 Å². The van der Waals surface area contributed by atoms with Crippen molar-refractivity contribution in [2.75, 3.05) is 0 Å². The number of alkyl halides is 3. The topological polar surface area (TPSA) is 62.2 Å². The first-order valence-electron chi connectivity index (χ1n) is 9.58. The maximum Gasteiger partial charge on any atom is 0.433 e. The van der Waals surface area contributed by atoms with Gasteiger partial charge in [0.2, 0.25) is 0 Å². The van der Waals surface area contributed by atoms with Crippen LogP contribution in [0.15, 0.2) is 60.8 Å². The summed E-state index contributed by atoms with van der Waals surface area (Å²) in [5.41, 5.74) is 1.12. The molecule has 1 amide bonds. The number of halogens is 4. The standard InChI is InChI=1S/C23H18ClF3N2O2/c24-18-7-3-15(4-8-18)21(31)29-22(9-10-22)17-5-1-14(2-6-17)19-12-28-20(23(25,26)27)11-16(19)13-30/h1-8,11-12,30H,9-10,13H2,(H,29,31). The molecule has 0 radical (unpaired) electrons. The van der Waals surface area contributed by atoms with Gasteiger partial charge < -0.3 is 10.4 Å². The first kappa shape index (κ1) is 21.3. The Hall–Kier alpha value is -2.90. The molecule has 0 atom stereocenters. The second-order valence-corrected chi connectivity index (χ2v) is 7.94. The van der Waals surface area contributed by atoms with E-state index in [9.17, 15) is 23.1 Å². The number of carbonyl (C=O) groups is 1. The summed E-state index contributed by atoms with van der Waals surface area (Å²) < 4.78 is 38.7. The normalized spacial score (nSPS) is 14.9. The highest BCUT2D eigenvalue weighted by Crippen LogP contribution is 2.46. The number of amides is 1. The highest BCUT2D eigenvalue weighted by Gasteiger charge is 2.45.